The third kappa shape index (κ3) is 4.87. The molecule has 8 heteroatoms. The Bertz CT molecular complexity index is 817. The summed E-state index contributed by atoms with van der Waals surface area (Å²) in [7, 11) is 0. The van der Waals surface area contributed by atoms with Crippen molar-refractivity contribution >= 4 is 23.5 Å². The lowest BCUT2D eigenvalue weighted by Gasteiger charge is -2.17. The van der Waals surface area contributed by atoms with E-state index in [0.29, 0.717) is 24.3 Å². The minimum atomic E-state index is -0.890. The van der Waals surface area contributed by atoms with Crippen molar-refractivity contribution in [2.75, 3.05) is 11.9 Å². The van der Waals surface area contributed by atoms with Crippen LogP contribution in [0.15, 0.2) is 47.1 Å². The minimum Gasteiger partial charge on any atom is -0.484 e. The molecule has 2 amide bonds. The first-order valence-corrected chi connectivity index (χ1v) is 8.63. The number of ether oxygens (including phenoxy) is 1. The van der Waals surface area contributed by atoms with E-state index in [1.165, 1.54) is 6.26 Å². The third-order valence-electron chi connectivity index (χ3n) is 4.39. The lowest BCUT2D eigenvalue weighted by Crippen LogP contribution is -2.42. The summed E-state index contributed by atoms with van der Waals surface area (Å²) in [5, 5.41) is 14.5. The molecule has 1 aromatic heterocycles. The van der Waals surface area contributed by atoms with Crippen LogP contribution in [0.3, 0.4) is 0 Å². The van der Waals surface area contributed by atoms with Crippen molar-refractivity contribution in [3.63, 3.8) is 0 Å². The van der Waals surface area contributed by atoms with Gasteiger partial charge in [0.2, 0.25) is 0 Å². The van der Waals surface area contributed by atoms with Crippen LogP contribution >= 0.6 is 0 Å². The molecule has 1 fully saturated rings. The molecule has 8 nitrogen and oxygen atoms in total. The number of carboxylic acids is 1. The summed E-state index contributed by atoms with van der Waals surface area (Å²) in [6.45, 7) is -0.238. The van der Waals surface area contributed by atoms with Crippen molar-refractivity contribution in [3.8, 4) is 5.75 Å². The van der Waals surface area contributed by atoms with Crippen LogP contribution in [0.25, 0.3) is 0 Å². The number of rotatable bonds is 7. The summed E-state index contributed by atoms with van der Waals surface area (Å²) in [6, 6.07) is 9.42. The van der Waals surface area contributed by atoms with Crippen LogP contribution in [0, 0.1) is 5.92 Å². The smallest absolute Gasteiger partial charge is 0.308 e. The van der Waals surface area contributed by atoms with E-state index in [1.807, 2.05) is 0 Å². The minimum absolute atomic E-state index is 0.185. The first kappa shape index (κ1) is 18.5. The van der Waals surface area contributed by atoms with E-state index in [4.69, 9.17) is 14.3 Å². The predicted octanol–water partition coefficient (Wildman–Crippen LogP) is 2.28. The molecular formula is C19H20N2O6. The number of aliphatic carboxylic acids is 1. The second-order valence-electron chi connectivity index (χ2n) is 6.30. The molecule has 1 aliphatic rings. The van der Waals surface area contributed by atoms with Crippen LogP contribution in [0.1, 0.15) is 29.8 Å². The van der Waals surface area contributed by atoms with Crippen LogP contribution in [0.5, 0.6) is 5.75 Å². The van der Waals surface area contributed by atoms with E-state index >= 15 is 0 Å². The largest absolute Gasteiger partial charge is 0.484 e. The maximum atomic E-state index is 12.0. The van der Waals surface area contributed by atoms with Gasteiger partial charge in [-0.2, -0.15) is 0 Å². The van der Waals surface area contributed by atoms with Gasteiger partial charge in [-0.3, -0.25) is 14.4 Å². The quantitative estimate of drug-likeness (QED) is 0.686. The normalized spacial score (nSPS) is 18.7. The zero-order valence-electron chi connectivity index (χ0n) is 14.5. The molecule has 27 heavy (non-hydrogen) atoms. The number of anilines is 1. The highest BCUT2D eigenvalue weighted by molar-refractivity contribution is 6.02. The van der Waals surface area contributed by atoms with Gasteiger partial charge in [0.25, 0.3) is 11.8 Å². The molecule has 2 atom stereocenters. The van der Waals surface area contributed by atoms with Crippen molar-refractivity contribution in [2.24, 2.45) is 5.92 Å². The zero-order valence-corrected chi connectivity index (χ0v) is 14.5. The van der Waals surface area contributed by atoms with Gasteiger partial charge >= 0.3 is 5.97 Å². The standard InChI is InChI=1S/C19H20N2O6/c22-17(21-15-7-2-6-14(15)19(24)25)11-27-13-5-1-4-12(10-13)20-18(23)16-8-3-9-26-16/h1,3-5,8-10,14-15H,2,6-7,11H2,(H,20,23)(H,21,22)(H,24,25)/t14-,15+/m1/s1. The van der Waals surface area contributed by atoms with E-state index in [1.54, 1.807) is 36.4 Å². The first-order chi connectivity index (χ1) is 13.0. The van der Waals surface area contributed by atoms with Gasteiger partial charge in [-0.05, 0) is 37.1 Å². The van der Waals surface area contributed by atoms with E-state index < -0.39 is 17.8 Å². The maximum Gasteiger partial charge on any atom is 0.308 e. The summed E-state index contributed by atoms with van der Waals surface area (Å²) >= 11 is 0. The molecule has 1 heterocycles. The molecule has 1 aromatic carbocycles. The summed E-state index contributed by atoms with van der Waals surface area (Å²) in [6.07, 6.45) is 3.40. The van der Waals surface area contributed by atoms with Gasteiger partial charge in [-0.15, -0.1) is 0 Å². The third-order valence-corrected chi connectivity index (χ3v) is 4.39. The summed E-state index contributed by atoms with van der Waals surface area (Å²) in [4.78, 5) is 35.2. The highest BCUT2D eigenvalue weighted by Crippen LogP contribution is 2.25. The predicted molar refractivity (Wildman–Crippen MR) is 95.5 cm³/mol. The van der Waals surface area contributed by atoms with E-state index in [9.17, 15) is 14.4 Å². The fourth-order valence-corrected chi connectivity index (χ4v) is 3.09. The van der Waals surface area contributed by atoms with E-state index in [-0.39, 0.29) is 24.3 Å². The molecule has 142 valence electrons. The number of furan rings is 1. The number of carboxylic acid groups (broad SMARTS) is 1. The van der Waals surface area contributed by atoms with Crippen molar-refractivity contribution in [3.05, 3.63) is 48.4 Å². The number of benzene rings is 1. The SMILES string of the molecule is O=C(COc1cccc(NC(=O)c2ccco2)c1)N[C@H]1CCC[C@H]1C(=O)O. The van der Waals surface area contributed by atoms with Crippen molar-refractivity contribution in [2.45, 2.75) is 25.3 Å². The Balaban J connectivity index is 1.51. The monoisotopic (exact) mass is 372 g/mol. The maximum absolute atomic E-state index is 12.0. The molecule has 1 aliphatic carbocycles. The van der Waals surface area contributed by atoms with Gasteiger partial charge in [-0.1, -0.05) is 12.5 Å². The van der Waals surface area contributed by atoms with Gasteiger partial charge in [0.1, 0.15) is 5.75 Å². The second-order valence-corrected chi connectivity index (χ2v) is 6.30. The number of hydrogen-bond acceptors (Lipinski definition) is 5. The molecular weight excluding hydrogens is 352 g/mol. The number of carbonyl (C=O) groups is 3. The van der Waals surface area contributed by atoms with Crippen molar-refractivity contribution < 1.29 is 28.6 Å². The molecule has 0 bridgehead atoms. The van der Waals surface area contributed by atoms with Crippen LogP contribution in [-0.2, 0) is 9.59 Å². The highest BCUT2D eigenvalue weighted by atomic mass is 16.5. The van der Waals surface area contributed by atoms with Crippen molar-refractivity contribution in [1.82, 2.24) is 5.32 Å². The Kier molecular flexibility index (Phi) is 5.75. The molecule has 0 radical (unpaired) electrons. The first-order valence-electron chi connectivity index (χ1n) is 8.63. The lowest BCUT2D eigenvalue weighted by atomic mass is 10.0. The summed E-state index contributed by atoms with van der Waals surface area (Å²) in [5.41, 5.74) is 0.496. The molecule has 0 saturated heterocycles. The van der Waals surface area contributed by atoms with E-state index in [2.05, 4.69) is 10.6 Å². The number of carbonyl (C=O) groups excluding carboxylic acids is 2. The van der Waals surface area contributed by atoms with Gasteiger partial charge in [0.15, 0.2) is 12.4 Å². The van der Waals surface area contributed by atoms with Crippen LogP contribution in [0.4, 0.5) is 5.69 Å². The van der Waals surface area contributed by atoms with Gasteiger partial charge in [-0.25, -0.2) is 0 Å². The van der Waals surface area contributed by atoms with E-state index in [0.717, 1.165) is 6.42 Å². The summed E-state index contributed by atoms with van der Waals surface area (Å²) in [5.74, 6) is -1.62. The lowest BCUT2D eigenvalue weighted by molar-refractivity contribution is -0.142. The molecule has 0 unspecified atom stereocenters. The molecule has 0 aliphatic heterocycles. The highest BCUT2D eigenvalue weighted by Gasteiger charge is 2.33. The number of nitrogens with one attached hydrogen (secondary N) is 2. The fourth-order valence-electron chi connectivity index (χ4n) is 3.09. The Morgan fingerprint density at radius 3 is 2.78 bits per heavy atom. The Labute approximate surface area is 155 Å². The van der Waals surface area contributed by atoms with Crippen LogP contribution < -0.4 is 15.4 Å². The molecule has 0 spiro atoms. The van der Waals surface area contributed by atoms with Crippen LogP contribution in [0.2, 0.25) is 0 Å². The fraction of sp³-hybridized carbons (Fsp3) is 0.316. The number of hydrogen-bond donors (Lipinski definition) is 3. The molecule has 1 saturated carbocycles. The van der Waals surface area contributed by atoms with Gasteiger partial charge in [0, 0.05) is 17.8 Å². The van der Waals surface area contributed by atoms with Crippen molar-refractivity contribution in [1.29, 1.82) is 0 Å². The molecule has 2 aromatic rings. The Morgan fingerprint density at radius 1 is 1.19 bits per heavy atom. The number of amides is 2. The average Bonchev–Trinajstić information content (AvgIpc) is 3.32. The Hall–Kier alpha value is -3.29. The second kappa shape index (κ2) is 8.39. The van der Waals surface area contributed by atoms with Gasteiger partial charge < -0.3 is 24.9 Å². The average molecular weight is 372 g/mol. The Morgan fingerprint density at radius 2 is 2.04 bits per heavy atom. The molecule has 3 N–H and O–H groups in total. The van der Waals surface area contributed by atoms with Crippen LogP contribution in [-0.4, -0.2) is 35.5 Å². The van der Waals surface area contributed by atoms with Gasteiger partial charge in [0.05, 0.1) is 12.2 Å². The molecule has 3 rings (SSSR count). The summed E-state index contributed by atoms with van der Waals surface area (Å²) < 4.78 is 10.5. The zero-order chi connectivity index (χ0) is 19.2. The topological polar surface area (TPSA) is 118 Å².